The highest BCUT2D eigenvalue weighted by molar-refractivity contribution is 5.78. The SMILES string of the molecule is CNCCn1cc2c(F)cccc2n1. The number of fused-ring (bicyclic) bond motifs is 1. The van der Waals surface area contributed by atoms with Crippen molar-refractivity contribution < 1.29 is 4.39 Å². The zero-order valence-corrected chi connectivity index (χ0v) is 8.00. The zero-order chi connectivity index (χ0) is 9.97. The summed E-state index contributed by atoms with van der Waals surface area (Å²) < 4.78 is 15.0. The molecular weight excluding hydrogens is 181 g/mol. The summed E-state index contributed by atoms with van der Waals surface area (Å²) in [5.74, 6) is -0.210. The molecule has 2 aromatic rings. The first kappa shape index (κ1) is 9.15. The normalized spacial score (nSPS) is 11.0. The maximum absolute atomic E-state index is 13.3. The van der Waals surface area contributed by atoms with Crippen molar-refractivity contribution in [1.82, 2.24) is 15.1 Å². The molecule has 74 valence electrons. The molecular formula is C10H12FN3. The molecule has 0 amide bonds. The minimum Gasteiger partial charge on any atom is -0.318 e. The number of rotatable bonds is 3. The maximum Gasteiger partial charge on any atom is 0.134 e. The minimum absolute atomic E-state index is 0.210. The second-order valence-electron chi connectivity index (χ2n) is 3.17. The molecule has 0 radical (unpaired) electrons. The Morgan fingerprint density at radius 1 is 1.50 bits per heavy atom. The molecule has 2 rings (SSSR count). The Morgan fingerprint density at radius 3 is 3.07 bits per heavy atom. The van der Waals surface area contributed by atoms with Crippen LogP contribution in [-0.4, -0.2) is 23.4 Å². The van der Waals surface area contributed by atoms with Gasteiger partial charge in [-0.25, -0.2) is 4.39 Å². The summed E-state index contributed by atoms with van der Waals surface area (Å²) in [6.07, 6.45) is 1.74. The molecule has 0 saturated carbocycles. The fourth-order valence-electron chi connectivity index (χ4n) is 1.40. The van der Waals surface area contributed by atoms with E-state index in [0.29, 0.717) is 10.9 Å². The summed E-state index contributed by atoms with van der Waals surface area (Å²) in [6.45, 7) is 1.58. The van der Waals surface area contributed by atoms with Crippen molar-refractivity contribution in [3.63, 3.8) is 0 Å². The fraction of sp³-hybridized carbons (Fsp3) is 0.300. The van der Waals surface area contributed by atoms with Gasteiger partial charge in [-0.2, -0.15) is 5.10 Å². The Labute approximate surface area is 81.5 Å². The average molecular weight is 193 g/mol. The van der Waals surface area contributed by atoms with Crippen LogP contribution in [0.4, 0.5) is 4.39 Å². The smallest absolute Gasteiger partial charge is 0.134 e. The van der Waals surface area contributed by atoms with E-state index in [1.807, 2.05) is 13.1 Å². The van der Waals surface area contributed by atoms with Gasteiger partial charge in [0.05, 0.1) is 17.4 Å². The molecule has 0 bridgehead atoms. The van der Waals surface area contributed by atoms with Crippen molar-refractivity contribution in [3.05, 3.63) is 30.2 Å². The Balaban J connectivity index is 2.36. The van der Waals surface area contributed by atoms with Gasteiger partial charge in [-0.15, -0.1) is 0 Å². The Bertz CT molecular complexity index is 436. The lowest BCUT2D eigenvalue weighted by Crippen LogP contribution is -2.14. The molecule has 1 aromatic heterocycles. The van der Waals surface area contributed by atoms with Crippen LogP contribution < -0.4 is 5.32 Å². The first-order chi connectivity index (χ1) is 6.81. The zero-order valence-electron chi connectivity index (χ0n) is 8.00. The van der Waals surface area contributed by atoms with Gasteiger partial charge >= 0.3 is 0 Å². The summed E-state index contributed by atoms with van der Waals surface area (Å²) in [6, 6.07) is 4.94. The molecule has 1 heterocycles. The Hall–Kier alpha value is -1.42. The van der Waals surface area contributed by atoms with E-state index < -0.39 is 0 Å². The summed E-state index contributed by atoms with van der Waals surface area (Å²) in [7, 11) is 1.88. The molecule has 0 atom stereocenters. The van der Waals surface area contributed by atoms with Crippen molar-refractivity contribution in [2.75, 3.05) is 13.6 Å². The standard InChI is InChI=1S/C10H12FN3/c1-12-5-6-14-7-8-9(11)3-2-4-10(8)13-14/h2-4,7,12H,5-6H2,1H3. The maximum atomic E-state index is 13.3. The lowest BCUT2D eigenvalue weighted by molar-refractivity contribution is 0.589. The molecule has 1 aromatic carbocycles. The number of hydrogen-bond donors (Lipinski definition) is 1. The van der Waals surface area contributed by atoms with Gasteiger partial charge < -0.3 is 5.32 Å². The van der Waals surface area contributed by atoms with E-state index in [0.717, 1.165) is 13.1 Å². The molecule has 0 aliphatic rings. The third kappa shape index (κ3) is 1.61. The Morgan fingerprint density at radius 2 is 2.36 bits per heavy atom. The van der Waals surface area contributed by atoms with Gasteiger partial charge in [-0.05, 0) is 19.2 Å². The molecule has 4 heteroatoms. The van der Waals surface area contributed by atoms with Crippen LogP contribution in [0.3, 0.4) is 0 Å². The quantitative estimate of drug-likeness (QED) is 0.798. The monoisotopic (exact) mass is 193 g/mol. The van der Waals surface area contributed by atoms with Crippen molar-refractivity contribution in [1.29, 1.82) is 0 Å². The second-order valence-corrected chi connectivity index (χ2v) is 3.17. The first-order valence-electron chi connectivity index (χ1n) is 4.57. The van der Waals surface area contributed by atoms with E-state index in [-0.39, 0.29) is 5.82 Å². The molecule has 0 unspecified atom stereocenters. The average Bonchev–Trinajstić information content (AvgIpc) is 2.59. The van der Waals surface area contributed by atoms with E-state index in [1.54, 1.807) is 16.9 Å². The van der Waals surface area contributed by atoms with Gasteiger partial charge in [0.15, 0.2) is 0 Å². The first-order valence-corrected chi connectivity index (χ1v) is 4.57. The van der Waals surface area contributed by atoms with Crippen LogP contribution in [0.25, 0.3) is 10.9 Å². The van der Waals surface area contributed by atoms with E-state index >= 15 is 0 Å². The predicted molar refractivity (Wildman–Crippen MR) is 53.6 cm³/mol. The summed E-state index contributed by atoms with van der Waals surface area (Å²) >= 11 is 0. The molecule has 0 aliphatic heterocycles. The van der Waals surface area contributed by atoms with E-state index in [4.69, 9.17) is 0 Å². The van der Waals surface area contributed by atoms with Crippen molar-refractivity contribution in [2.24, 2.45) is 0 Å². The molecule has 0 aliphatic carbocycles. The lowest BCUT2D eigenvalue weighted by Gasteiger charge is -1.97. The molecule has 14 heavy (non-hydrogen) atoms. The van der Waals surface area contributed by atoms with Crippen molar-refractivity contribution in [2.45, 2.75) is 6.54 Å². The summed E-state index contributed by atoms with van der Waals surface area (Å²) in [4.78, 5) is 0. The number of nitrogens with zero attached hydrogens (tertiary/aromatic N) is 2. The van der Waals surface area contributed by atoms with Gasteiger partial charge in [-0.1, -0.05) is 6.07 Å². The highest BCUT2D eigenvalue weighted by atomic mass is 19.1. The number of aromatic nitrogens is 2. The topological polar surface area (TPSA) is 29.9 Å². The molecule has 0 fully saturated rings. The van der Waals surface area contributed by atoms with Crippen molar-refractivity contribution >= 4 is 10.9 Å². The van der Waals surface area contributed by atoms with Crippen LogP contribution in [-0.2, 0) is 6.54 Å². The highest BCUT2D eigenvalue weighted by Crippen LogP contribution is 2.15. The second kappa shape index (κ2) is 3.75. The number of likely N-dealkylation sites (N-methyl/N-ethyl adjacent to an activating group) is 1. The van der Waals surface area contributed by atoms with Crippen LogP contribution >= 0.6 is 0 Å². The molecule has 1 N–H and O–H groups in total. The van der Waals surface area contributed by atoms with E-state index in [1.165, 1.54) is 6.07 Å². The lowest BCUT2D eigenvalue weighted by atomic mass is 10.2. The number of halogens is 1. The minimum atomic E-state index is -0.210. The van der Waals surface area contributed by atoms with Gasteiger partial charge in [0.2, 0.25) is 0 Å². The molecule has 0 spiro atoms. The van der Waals surface area contributed by atoms with Crippen LogP contribution in [0, 0.1) is 5.82 Å². The van der Waals surface area contributed by atoms with Gasteiger partial charge in [0.1, 0.15) is 5.82 Å². The van der Waals surface area contributed by atoms with E-state index in [2.05, 4.69) is 10.4 Å². The number of benzene rings is 1. The highest BCUT2D eigenvalue weighted by Gasteiger charge is 2.03. The molecule has 0 saturated heterocycles. The van der Waals surface area contributed by atoms with Gasteiger partial charge in [-0.3, -0.25) is 4.68 Å². The van der Waals surface area contributed by atoms with Crippen LogP contribution in [0.1, 0.15) is 0 Å². The summed E-state index contributed by atoms with van der Waals surface area (Å²) in [5, 5.41) is 7.85. The van der Waals surface area contributed by atoms with E-state index in [9.17, 15) is 4.39 Å². The van der Waals surface area contributed by atoms with Gasteiger partial charge in [0, 0.05) is 12.7 Å². The summed E-state index contributed by atoms with van der Waals surface area (Å²) in [5.41, 5.74) is 0.709. The van der Waals surface area contributed by atoms with Crippen molar-refractivity contribution in [3.8, 4) is 0 Å². The third-order valence-corrected chi connectivity index (χ3v) is 2.14. The van der Waals surface area contributed by atoms with Crippen LogP contribution in [0.5, 0.6) is 0 Å². The number of nitrogens with one attached hydrogen (secondary N) is 1. The third-order valence-electron chi connectivity index (χ3n) is 2.14. The van der Waals surface area contributed by atoms with Crippen LogP contribution in [0.15, 0.2) is 24.4 Å². The Kier molecular flexibility index (Phi) is 2.45. The van der Waals surface area contributed by atoms with Gasteiger partial charge in [0.25, 0.3) is 0 Å². The predicted octanol–water partition coefficient (Wildman–Crippen LogP) is 1.39. The van der Waals surface area contributed by atoms with Crippen LogP contribution in [0.2, 0.25) is 0 Å². The molecule has 3 nitrogen and oxygen atoms in total. The fourth-order valence-corrected chi connectivity index (χ4v) is 1.40. The largest absolute Gasteiger partial charge is 0.318 e. The number of hydrogen-bond acceptors (Lipinski definition) is 2.